The zero-order valence-corrected chi connectivity index (χ0v) is 12.8. The van der Waals surface area contributed by atoms with Gasteiger partial charge in [-0.05, 0) is 31.6 Å². The summed E-state index contributed by atoms with van der Waals surface area (Å²) in [7, 11) is 1.79. The van der Waals surface area contributed by atoms with Crippen molar-refractivity contribution >= 4 is 11.9 Å². The second-order valence-electron chi connectivity index (χ2n) is 5.30. The Morgan fingerprint density at radius 1 is 1.15 bits per heavy atom. The van der Waals surface area contributed by atoms with Gasteiger partial charge in [0.15, 0.2) is 0 Å². The second kappa shape index (κ2) is 6.72. The summed E-state index contributed by atoms with van der Waals surface area (Å²) < 4.78 is 5.38. The van der Waals surface area contributed by atoms with Crippen LogP contribution in [0.4, 0.5) is 11.9 Å². The van der Waals surface area contributed by atoms with Gasteiger partial charge in [0.2, 0.25) is 11.9 Å². The van der Waals surface area contributed by atoms with Crippen molar-refractivity contribution in [3.8, 4) is 6.01 Å². The lowest BCUT2D eigenvalue weighted by Gasteiger charge is -2.21. The first-order valence-corrected chi connectivity index (χ1v) is 7.51. The third kappa shape index (κ3) is 3.29. The van der Waals surface area contributed by atoms with E-state index in [1.165, 1.54) is 19.3 Å². The lowest BCUT2D eigenvalue weighted by Crippen LogP contribution is -2.26. The van der Waals surface area contributed by atoms with Gasteiger partial charge in [-0.1, -0.05) is 20.3 Å². The normalized spacial score (nSPS) is 25.5. The molecule has 0 spiro atoms. The molecule has 0 bridgehead atoms. The Hall–Kier alpha value is -1.59. The van der Waals surface area contributed by atoms with Crippen LogP contribution in [-0.2, 0) is 0 Å². The molecule has 1 saturated carbocycles. The van der Waals surface area contributed by atoms with E-state index >= 15 is 0 Å². The maximum Gasteiger partial charge on any atom is 0.323 e. The molecular weight excluding hydrogens is 254 g/mol. The van der Waals surface area contributed by atoms with Gasteiger partial charge < -0.3 is 15.4 Å². The van der Waals surface area contributed by atoms with E-state index < -0.39 is 0 Å². The Balaban J connectivity index is 2.10. The molecule has 0 radical (unpaired) electrons. The third-order valence-corrected chi connectivity index (χ3v) is 4.18. The minimum atomic E-state index is 0.368. The van der Waals surface area contributed by atoms with Crippen molar-refractivity contribution in [2.45, 2.75) is 46.1 Å². The van der Waals surface area contributed by atoms with Crippen LogP contribution in [-0.4, -0.2) is 34.6 Å². The van der Waals surface area contributed by atoms with Gasteiger partial charge in [-0.3, -0.25) is 0 Å². The van der Waals surface area contributed by atoms with Gasteiger partial charge in [-0.25, -0.2) is 0 Å². The summed E-state index contributed by atoms with van der Waals surface area (Å²) in [5, 5.41) is 6.39. The molecule has 2 N–H and O–H groups in total. The van der Waals surface area contributed by atoms with E-state index in [-0.39, 0.29) is 0 Å². The standard InChI is InChI=1S/C14H25N5O/c1-5-10-7-8-11(9(10)3)16-13-17-12(15-4)18-14(19-13)20-6-2/h9-11H,5-8H2,1-4H3,(H2,15,16,17,18,19). The van der Waals surface area contributed by atoms with Crippen LogP contribution < -0.4 is 15.4 Å². The number of nitrogens with zero attached hydrogens (tertiary/aromatic N) is 3. The second-order valence-corrected chi connectivity index (χ2v) is 5.30. The molecule has 1 aliphatic carbocycles. The lowest BCUT2D eigenvalue weighted by molar-refractivity contribution is 0.312. The highest BCUT2D eigenvalue weighted by molar-refractivity contribution is 5.36. The van der Waals surface area contributed by atoms with E-state index in [9.17, 15) is 0 Å². The van der Waals surface area contributed by atoms with Crippen molar-refractivity contribution in [2.75, 3.05) is 24.3 Å². The Kier molecular flexibility index (Phi) is 4.98. The number of hydrogen-bond acceptors (Lipinski definition) is 6. The third-order valence-electron chi connectivity index (χ3n) is 4.18. The van der Waals surface area contributed by atoms with Crippen LogP contribution in [0.25, 0.3) is 0 Å². The van der Waals surface area contributed by atoms with Crippen LogP contribution in [0, 0.1) is 11.8 Å². The number of aromatic nitrogens is 3. The van der Waals surface area contributed by atoms with Crippen LogP contribution in [0.3, 0.4) is 0 Å². The summed E-state index contributed by atoms with van der Waals surface area (Å²) in [6, 6.07) is 0.800. The summed E-state index contributed by atoms with van der Waals surface area (Å²) in [5.74, 6) is 2.57. The number of nitrogens with one attached hydrogen (secondary N) is 2. The van der Waals surface area contributed by atoms with Crippen molar-refractivity contribution in [2.24, 2.45) is 11.8 Å². The molecule has 1 aliphatic rings. The molecule has 1 aromatic heterocycles. The molecule has 2 rings (SSSR count). The number of hydrogen-bond donors (Lipinski definition) is 2. The van der Waals surface area contributed by atoms with Crippen molar-refractivity contribution in [1.82, 2.24) is 15.0 Å². The fourth-order valence-electron chi connectivity index (χ4n) is 2.92. The predicted octanol–water partition coefficient (Wildman–Crippen LogP) is 2.55. The maximum absolute atomic E-state index is 5.38. The average molecular weight is 279 g/mol. The summed E-state index contributed by atoms with van der Waals surface area (Å²) in [6.45, 7) is 7.03. The Labute approximate surface area is 120 Å². The highest BCUT2D eigenvalue weighted by Gasteiger charge is 2.32. The first-order valence-electron chi connectivity index (χ1n) is 7.51. The van der Waals surface area contributed by atoms with Crippen LogP contribution >= 0.6 is 0 Å². The molecule has 0 saturated heterocycles. The molecule has 3 unspecified atom stereocenters. The Bertz CT molecular complexity index is 440. The fraction of sp³-hybridized carbons (Fsp3) is 0.786. The van der Waals surface area contributed by atoms with Crippen molar-refractivity contribution < 1.29 is 4.74 Å². The van der Waals surface area contributed by atoms with E-state index in [0.717, 1.165) is 5.92 Å². The molecule has 1 fully saturated rings. The van der Waals surface area contributed by atoms with E-state index in [4.69, 9.17) is 4.74 Å². The largest absolute Gasteiger partial charge is 0.464 e. The van der Waals surface area contributed by atoms with Gasteiger partial charge in [-0.15, -0.1) is 0 Å². The van der Waals surface area contributed by atoms with Gasteiger partial charge in [0, 0.05) is 13.1 Å². The fourth-order valence-corrected chi connectivity index (χ4v) is 2.92. The summed E-state index contributed by atoms with van der Waals surface area (Å²) in [5.41, 5.74) is 0. The van der Waals surface area contributed by atoms with Gasteiger partial charge in [0.1, 0.15) is 0 Å². The molecule has 112 valence electrons. The van der Waals surface area contributed by atoms with Crippen LogP contribution in [0.15, 0.2) is 0 Å². The maximum atomic E-state index is 5.38. The summed E-state index contributed by atoms with van der Waals surface area (Å²) in [4.78, 5) is 12.9. The number of rotatable bonds is 6. The molecule has 6 heteroatoms. The SMILES string of the molecule is CCOc1nc(NC)nc(NC2CCC(CC)C2C)n1. The molecule has 3 atom stereocenters. The highest BCUT2D eigenvalue weighted by atomic mass is 16.5. The first-order chi connectivity index (χ1) is 9.67. The van der Waals surface area contributed by atoms with E-state index in [2.05, 4.69) is 39.4 Å². The van der Waals surface area contributed by atoms with Crippen molar-refractivity contribution in [3.63, 3.8) is 0 Å². The van der Waals surface area contributed by atoms with E-state index in [0.29, 0.717) is 36.5 Å². The van der Waals surface area contributed by atoms with Crippen molar-refractivity contribution in [3.05, 3.63) is 0 Å². The van der Waals surface area contributed by atoms with Crippen molar-refractivity contribution in [1.29, 1.82) is 0 Å². The summed E-state index contributed by atoms with van der Waals surface area (Å²) in [6.07, 6.45) is 3.68. The Morgan fingerprint density at radius 2 is 1.90 bits per heavy atom. The van der Waals surface area contributed by atoms with Crippen LogP contribution in [0.2, 0.25) is 0 Å². The average Bonchev–Trinajstić information content (AvgIpc) is 2.79. The predicted molar refractivity (Wildman–Crippen MR) is 80.1 cm³/mol. The highest BCUT2D eigenvalue weighted by Crippen LogP contribution is 2.35. The van der Waals surface area contributed by atoms with Gasteiger partial charge >= 0.3 is 6.01 Å². The molecule has 1 heterocycles. The first kappa shape index (κ1) is 14.8. The summed E-state index contributed by atoms with van der Waals surface area (Å²) >= 11 is 0. The molecule has 0 amide bonds. The molecule has 20 heavy (non-hydrogen) atoms. The minimum Gasteiger partial charge on any atom is -0.464 e. The monoisotopic (exact) mass is 279 g/mol. The zero-order chi connectivity index (χ0) is 14.5. The smallest absolute Gasteiger partial charge is 0.323 e. The van der Waals surface area contributed by atoms with Gasteiger partial charge in [-0.2, -0.15) is 15.0 Å². The Morgan fingerprint density at radius 3 is 2.50 bits per heavy atom. The number of ether oxygens (including phenoxy) is 1. The van der Waals surface area contributed by atoms with Gasteiger partial charge in [0.05, 0.1) is 6.61 Å². The molecule has 0 aliphatic heterocycles. The lowest BCUT2D eigenvalue weighted by atomic mass is 9.94. The zero-order valence-electron chi connectivity index (χ0n) is 12.8. The molecule has 1 aromatic rings. The van der Waals surface area contributed by atoms with E-state index in [1.54, 1.807) is 7.05 Å². The molecular formula is C14H25N5O. The van der Waals surface area contributed by atoms with Gasteiger partial charge in [0.25, 0.3) is 0 Å². The molecule has 6 nitrogen and oxygen atoms in total. The quantitative estimate of drug-likeness (QED) is 0.834. The minimum absolute atomic E-state index is 0.368. The van der Waals surface area contributed by atoms with Crippen LogP contribution in [0.1, 0.15) is 40.0 Å². The van der Waals surface area contributed by atoms with E-state index in [1.807, 2.05) is 6.92 Å². The van der Waals surface area contributed by atoms with Crippen LogP contribution in [0.5, 0.6) is 6.01 Å². The molecule has 0 aromatic carbocycles. The topological polar surface area (TPSA) is 72.0 Å². The number of anilines is 2.